The summed E-state index contributed by atoms with van der Waals surface area (Å²) in [6.45, 7) is 2.00. The molecule has 0 spiro atoms. The van der Waals surface area contributed by atoms with Crippen LogP contribution in [-0.2, 0) is 4.74 Å². The lowest BCUT2D eigenvalue weighted by Gasteiger charge is -1.76. The van der Waals surface area contributed by atoms with Crippen molar-refractivity contribution in [1.29, 1.82) is 0 Å². The highest BCUT2D eigenvalue weighted by Crippen LogP contribution is 1.98. The fourth-order valence-electron chi connectivity index (χ4n) is 0.510. The van der Waals surface area contributed by atoms with Gasteiger partial charge in [-0.15, -0.1) is 0 Å². The highest BCUT2D eigenvalue weighted by Gasteiger charge is 1.94. The van der Waals surface area contributed by atoms with E-state index in [0.29, 0.717) is 0 Å². The van der Waals surface area contributed by atoms with Crippen molar-refractivity contribution in [3.63, 3.8) is 0 Å². The van der Waals surface area contributed by atoms with Crippen LogP contribution in [0.5, 0.6) is 0 Å². The van der Waals surface area contributed by atoms with Gasteiger partial charge in [-0.2, -0.15) is 11.8 Å². The first kappa shape index (κ1) is 12.1. The molecule has 1 fully saturated rings. The Bertz CT molecular complexity index is 32.4. The van der Waals surface area contributed by atoms with Gasteiger partial charge in [0.05, 0.1) is 8.41 Å². The first-order valence-corrected chi connectivity index (χ1v) is 4.53. The summed E-state index contributed by atoms with van der Waals surface area (Å²) in [5.41, 5.74) is 0. The standard InChI is InChI=1S/C4H8O.C2H6S.BH3/c1-2-4-5-3-1;1-3-2;/h1-4H2;1-2H3;1H3. The van der Waals surface area contributed by atoms with Gasteiger partial charge >= 0.3 is 0 Å². The summed E-state index contributed by atoms with van der Waals surface area (Å²) in [6, 6.07) is 0. The molecular weight excluding hydrogens is 131 g/mol. The maximum atomic E-state index is 4.94. The third kappa shape index (κ3) is 11.8. The van der Waals surface area contributed by atoms with Gasteiger partial charge < -0.3 is 4.74 Å². The topological polar surface area (TPSA) is 9.23 Å². The Labute approximate surface area is 64.1 Å². The molecule has 9 heavy (non-hydrogen) atoms. The second-order valence-electron chi connectivity index (χ2n) is 1.73. The number of rotatable bonds is 0. The molecule has 0 amide bonds. The molecule has 0 unspecified atom stereocenters. The van der Waals surface area contributed by atoms with E-state index < -0.39 is 0 Å². The van der Waals surface area contributed by atoms with Crippen molar-refractivity contribution in [2.45, 2.75) is 12.8 Å². The average molecular weight is 148 g/mol. The lowest BCUT2D eigenvalue weighted by atomic mass is 10.4. The van der Waals surface area contributed by atoms with E-state index in [2.05, 4.69) is 0 Å². The first-order chi connectivity index (χ1) is 3.91. The molecule has 1 rings (SSSR count). The van der Waals surface area contributed by atoms with Crippen LogP contribution in [0.3, 0.4) is 0 Å². The van der Waals surface area contributed by atoms with Crippen LogP contribution in [0.4, 0.5) is 0 Å². The van der Waals surface area contributed by atoms with E-state index in [1.807, 2.05) is 12.5 Å². The Hall–Kier alpha value is 0.375. The Morgan fingerprint density at radius 1 is 1.11 bits per heavy atom. The van der Waals surface area contributed by atoms with Crippen LogP contribution in [0.2, 0.25) is 0 Å². The fraction of sp³-hybridized carbons (Fsp3) is 1.00. The Morgan fingerprint density at radius 3 is 1.56 bits per heavy atom. The van der Waals surface area contributed by atoms with Gasteiger partial charge in [0, 0.05) is 13.2 Å². The molecule has 0 aliphatic carbocycles. The molecule has 0 N–H and O–H groups in total. The molecule has 3 heteroatoms. The van der Waals surface area contributed by atoms with Crippen LogP contribution in [0.15, 0.2) is 0 Å². The molecule has 56 valence electrons. The minimum Gasteiger partial charge on any atom is -0.381 e. The molecule has 0 atom stereocenters. The molecule has 0 aromatic rings. The predicted molar refractivity (Wildman–Crippen MR) is 49.4 cm³/mol. The van der Waals surface area contributed by atoms with Crippen molar-refractivity contribution in [3.05, 3.63) is 0 Å². The third-order valence-corrected chi connectivity index (χ3v) is 0.827. The minimum atomic E-state index is 0. The fourth-order valence-corrected chi connectivity index (χ4v) is 0.510. The summed E-state index contributed by atoms with van der Waals surface area (Å²) in [7, 11) is 0. The highest BCUT2D eigenvalue weighted by atomic mass is 32.2. The highest BCUT2D eigenvalue weighted by molar-refractivity contribution is 7.97. The molecule has 0 bridgehead atoms. The summed E-state index contributed by atoms with van der Waals surface area (Å²) in [6.07, 6.45) is 6.64. The molecule has 0 aromatic heterocycles. The van der Waals surface area contributed by atoms with E-state index in [1.165, 1.54) is 12.8 Å². The van der Waals surface area contributed by atoms with Gasteiger partial charge in [0.15, 0.2) is 0 Å². The van der Waals surface area contributed by atoms with Gasteiger partial charge in [0.2, 0.25) is 0 Å². The zero-order valence-electron chi connectivity index (χ0n) is 5.64. The summed E-state index contributed by atoms with van der Waals surface area (Å²) in [5, 5.41) is 0. The zero-order chi connectivity index (χ0) is 6.24. The lowest BCUT2D eigenvalue weighted by Crippen LogP contribution is -1.74. The van der Waals surface area contributed by atoms with Crippen LogP contribution < -0.4 is 0 Å². The van der Waals surface area contributed by atoms with Crippen molar-refractivity contribution < 1.29 is 4.74 Å². The summed E-state index contributed by atoms with van der Waals surface area (Å²) >= 11 is 1.75. The summed E-state index contributed by atoms with van der Waals surface area (Å²) < 4.78 is 4.94. The largest absolute Gasteiger partial charge is 0.381 e. The van der Waals surface area contributed by atoms with E-state index in [1.54, 1.807) is 11.8 Å². The smallest absolute Gasteiger partial charge is 0.0814 e. The number of thioether (sulfide) groups is 1. The van der Waals surface area contributed by atoms with Crippen molar-refractivity contribution in [1.82, 2.24) is 0 Å². The van der Waals surface area contributed by atoms with Gasteiger partial charge in [-0.1, -0.05) is 0 Å². The second-order valence-corrected chi connectivity index (χ2v) is 2.54. The van der Waals surface area contributed by atoms with E-state index in [-0.39, 0.29) is 8.41 Å². The van der Waals surface area contributed by atoms with E-state index in [4.69, 9.17) is 4.74 Å². The maximum Gasteiger partial charge on any atom is 0.0814 e. The molecule has 0 radical (unpaired) electrons. The van der Waals surface area contributed by atoms with E-state index in [9.17, 15) is 0 Å². The van der Waals surface area contributed by atoms with Gasteiger partial charge in [-0.25, -0.2) is 0 Å². The second kappa shape index (κ2) is 11.2. The summed E-state index contributed by atoms with van der Waals surface area (Å²) in [4.78, 5) is 0. The normalized spacial score (nSPS) is 15.3. The van der Waals surface area contributed by atoms with Crippen molar-refractivity contribution >= 4 is 20.2 Å². The quantitative estimate of drug-likeness (QED) is 0.465. The van der Waals surface area contributed by atoms with Crippen LogP contribution in [0, 0.1) is 0 Å². The van der Waals surface area contributed by atoms with Crippen LogP contribution >= 0.6 is 11.8 Å². The van der Waals surface area contributed by atoms with Crippen LogP contribution in [-0.4, -0.2) is 34.1 Å². The third-order valence-electron chi connectivity index (χ3n) is 0.827. The molecule has 0 saturated carbocycles. The molecule has 1 aliphatic rings. The first-order valence-electron chi connectivity index (χ1n) is 2.89. The van der Waals surface area contributed by atoms with E-state index in [0.717, 1.165) is 13.2 Å². The lowest BCUT2D eigenvalue weighted by molar-refractivity contribution is 0.198. The Kier molecular flexibility index (Phi) is 15.1. The molecule has 1 saturated heterocycles. The van der Waals surface area contributed by atoms with E-state index >= 15 is 0 Å². The SMILES string of the molecule is B.C1CCOC1.CSC. The molecule has 0 aromatic carbocycles. The van der Waals surface area contributed by atoms with Gasteiger partial charge in [0.1, 0.15) is 0 Å². The zero-order valence-corrected chi connectivity index (χ0v) is 6.46. The van der Waals surface area contributed by atoms with Gasteiger partial charge in [0.25, 0.3) is 0 Å². The molecule has 1 aliphatic heterocycles. The molecule has 1 heterocycles. The number of ether oxygens (including phenoxy) is 1. The van der Waals surface area contributed by atoms with Gasteiger partial charge in [-0.05, 0) is 25.4 Å². The average Bonchev–Trinajstić information content (AvgIpc) is 2.17. The van der Waals surface area contributed by atoms with Crippen molar-refractivity contribution in [3.8, 4) is 0 Å². The minimum absolute atomic E-state index is 0. The number of hydrogen-bond donors (Lipinski definition) is 0. The Morgan fingerprint density at radius 2 is 1.44 bits per heavy atom. The van der Waals surface area contributed by atoms with Crippen LogP contribution in [0.1, 0.15) is 12.8 Å². The summed E-state index contributed by atoms with van der Waals surface area (Å²) in [5.74, 6) is 0. The predicted octanol–water partition coefficient (Wildman–Crippen LogP) is 0.592. The van der Waals surface area contributed by atoms with Gasteiger partial charge in [-0.3, -0.25) is 0 Å². The molecule has 1 nitrogen and oxygen atoms in total. The monoisotopic (exact) mass is 148 g/mol. The molecular formula is C6H17BOS. The van der Waals surface area contributed by atoms with Crippen molar-refractivity contribution in [2.24, 2.45) is 0 Å². The number of hydrogen-bond acceptors (Lipinski definition) is 2. The van der Waals surface area contributed by atoms with Crippen LogP contribution in [0.25, 0.3) is 0 Å². The Balaban J connectivity index is 0. The van der Waals surface area contributed by atoms with Crippen molar-refractivity contribution in [2.75, 3.05) is 25.7 Å². The maximum absolute atomic E-state index is 4.94.